The molecule has 4 rings (SSSR count). The maximum absolute atomic E-state index is 6.06. The van der Waals surface area contributed by atoms with Gasteiger partial charge in [0.15, 0.2) is 12.1 Å². The fourth-order valence-corrected chi connectivity index (χ4v) is 3.13. The van der Waals surface area contributed by atoms with E-state index in [1.807, 2.05) is 25.5 Å². The maximum atomic E-state index is 6.06. The van der Waals surface area contributed by atoms with Crippen LogP contribution in [0.15, 0.2) is 6.20 Å². The summed E-state index contributed by atoms with van der Waals surface area (Å²) >= 11 is 0. The Morgan fingerprint density at radius 2 is 2.11 bits per heavy atom. The predicted molar refractivity (Wildman–Crippen MR) is 61.9 cm³/mol. The van der Waals surface area contributed by atoms with Crippen LogP contribution in [-0.4, -0.2) is 44.9 Å². The molecule has 7 heteroatoms. The van der Waals surface area contributed by atoms with Gasteiger partial charge in [0.25, 0.3) is 0 Å². The Morgan fingerprint density at radius 1 is 1.26 bits per heavy atom. The Morgan fingerprint density at radius 3 is 2.95 bits per heavy atom. The lowest BCUT2D eigenvalue weighted by atomic mass is 9.97. The van der Waals surface area contributed by atoms with Gasteiger partial charge in [0.1, 0.15) is 17.8 Å². The minimum absolute atomic E-state index is 0.166. The Bertz CT molecular complexity index is 517. The Kier molecular flexibility index (Phi) is 2.20. The molecule has 0 unspecified atom stereocenters. The molecule has 0 bridgehead atoms. The number of hydrogen-bond donors (Lipinski definition) is 0. The molecule has 3 aliphatic heterocycles. The molecule has 2 fully saturated rings. The zero-order valence-electron chi connectivity index (χ0n) is 11.2. The normalized spacial score (nSPS) is 43.4. The molecule has 0 N–H and O–H groups in total. The van der Waals surface area contributed by atoms with E-state index in [2.05, 4.69) is 10.3 Å². The lowest BCUT2D eigenvalue weighted by Crippen LogP contribution is -2.46. The molecule has 1 aromatic rings. The van der Waals surface area contributed by atoms with Gasteiger partial charge >= 0.3 is 0 Å². The molecule has 19 heavy (non-hydrogen) atoms. The van der Waals surface area contributed by atoms with Crippen molar-refractivity contribution >= 4 is 0 Å². The standard InChI is InChI=1S/C12H17N3O4/c1-11(2)17-8-9-12(3,19-10(8)18-11)6-15-7(5-16-9)4-13-14-15/h4,8-10H,5-6H2,1-3H3/t8-,9+,10+,12-/m1/s1. The van der Waals surface area contributed by atoms with Gasteiger partial charge in [0.2, 0.25) is 0 Å². The summed E-state index contributed by atoms with van der Waals surface area (Å²) in [5.41, 5.74) is 0.444. The highest BCUT2D eigenvalue weighted by Crippen LogP contribution is 2.45. The molecule has 0 spiro atoms. The average molecular weight is 267 g/mol. The monoisotopic (exact) mass is 267 g/mol. The van der Waals surface area contributed by atoms with Gasteiger partial charge in [0.05, 0.1) is 25.0 Å². The summed E-state index contributed by atoms with van der Waals surface area (Å²) in [5.74, 6) is -0.624. The predicted octanol–water partition coefficient (Wildman–Crippen LogP) is 0.443. The second kappa shape index (κ2) is 3.54. The van der Waals surface area contributed by atoms with Gasteiger partial charge in [-0.05, 0) is 20.8 Å². The van der Waals surface area contributed by atoms with Crippen molar-refractivity contribution in [2.45, 2.75) is 63.8 Å². The van der Waals surface area contributed by atoms with E-state index in [1.165, 1.54) is 0 Å². The highest BCUT2D eigenvalue weighted by atomic mass is 16.8. The number of rotatable bonds is 0. The van der Waals surface area contributed by atoms with Crippen molar-refractivity contribution in [1.29, 1.82) is 0 Å². The van der Waals surface area contributed by atoms with Gasteiger partial charge in [-0.3, -0.25) is 0 Å². The molecule has 3 aliphatic rings. The first kappa shape index (κ1) is 11.8. The molecule has 0 amide bonds. The van der Waals surface area contributed by atoms with Crippen molar-refractivity contribution in [1.82, 2.24) is 15.0 Å². The summed E-state index contributed by atoms with van der Waals surface area (Å²) in [4.78, 5) is 0. The van der Waals surface area contributed by atoms with Crippen molar-refractivity contribution in [3.05, 3.63) is 11.9 Å². The second-order valence-electron chi connectivity index (χ2n) is 6.01. The molecule has 4 heterocycles. The molecule has 4 atom stereocenters. The molecule has 1 aromatic heterocycles. The van der Waals surface area contributed by atoms with E-state index in [9.17, 15) is 0 Å². The van der Waals surface area contributed by atoms with Crippen molar-refractivity contribution in [3.63, 3.8) is 0 Å². The Hall–Kier alpha value is -1.02. The van der Waals surface area contributed by atoms with E-state index in [-0.39, 0.29) is 18.5 Å². The van der Waals surface area contributed by atoms with Crippen LogP contribution in [0.5, 0.6) is 0 Å². The van der Waals surface area contributed by atoms with Gasteiger partial charge in [-0.1, -0.05) is 5.21 Å². The third-order valence-electron chi connectivity index (χ3n) is 3.95. The lowest BCUT2D eigenvalue weighted by Gasteiger charge is -2.31. The van der Waals surface area contributed by atoms with Crippen LogP contribution in [0.4, 0.5) is 0 Å². The highest BCUT2D eigenvalue weighted by molar-refractivity contribution is 5.06. The fourth-order valence-electron chi connectivity index (χ4n) is 3.13. The minimum Gasteiger partial charge on any atom is -0.366 e. The van der Waals surface area contributed by atoms with Crippen LogP contribution in [0.25, 0.3) is 0 Å². The zero-order chi connectivity index (χ0) is 13.3. The topological polar surface area (TPSA) is 67.6 Å². The molecule has 0 radical (unpaired) electrons. The smallest absolute Gasteiger partial charge is 0.190 e. The van der Waals surface area contributed by atoms with E-state index >= 15 is 0 Å². The van der Waals surface area contributed by atoms with Crippen molar-refractivity contribution in [3.8, 4) is 0 Å². The first-order valence-corrected chi connectivity index (χ1v) is 6.49. The largest absolute Gasteiger partial charge is 0.366 e. The van der Waals surface area contributed by atoms with E-state index in [0.29, 0.717) is 13.2 Å². The average Bonchev–Trinajstić information content (AvgIpc) is 2.87. The summed E-state index contributed by atoms with van der Waals surface area (Å²) in [5, 5.41) is 7.97. The summed E-state index contributed by atoms with van der Waals surface area (Å²) in [7, 11) is 0. The van der Waals surface area contributed by atoms with Crippen LogP contribution in [0.1, 0.15) is 26.5 Å². The fraction of sp³-hybridized carbons (Fsp3) is 0.833. The molecular formula is C12H17N3O4. The number of hydrogen-bond acceptors (Lipinski definition) is 6. The van der Waals surface area contributed by atoms with Crippen molar-refractivity contribution in [2.24, 2.45) is 0 Å². The first-order chi connectivity index (χ1) is 8.97. The molecule has 0 aromatic carbocycles. The van der Waals surface area contributed by atoms with Crippen LogP contribution in [0.3, 0.4) is 0 Å². The molecule has 0 saturated carbocycles. The zero-order valence-corrected chi connectivity index (χ0v) is 11.2. The SMILES string of the molecule is CC1(C)O[C@H]2O[C@]3(C)Cn4nncc4CO[C@H]3[C@H]2O1. The van der Waals surface area contributed by atoms with E-state index in [1.54, 1.807) is 6.20 Å². The molecule has 7 nitrogen and oxygen atoms in total. The summed E-state index contributed by atoms with van der Waals surface area (Å²) in [6.07, 6.45) is 0.978. The third kappa shape index (κ3) is 1.66. The minimum atomic E-state index is -0.624. The van der Waals surface area contributed by atoms with Crippen LogP contribution in [0, 0.1) is 0 Å². The number of nitrogens with zero attached hydrogens (tertiary/aromatic N) is 3. The van der Waals surface area contributed by atoms with Gasteiger partial charge in [0, 0.05) is 0 Å². The van der Waals surface area contributed by atoms with E-state index < -0.39 is 11.4 Å². The van der Waals surface area contributed by atoms with Crippen molar-refractivity contribution in [2.75, 3.05) is 0 Å². The number of ether oxygens (including phenoxy) is 4. The Balaban J connectivity index is 1.66. The van der Waals surface area contributed by atoms with Gasteiger partial charge in [-0.2, -0.15) is 0 Å². The number of aromatic nitrogens is 3. The molecular weight excluding hydrogens is 250 g/mol. The van der Waals surface area contributed by atoms with Gasteiger partial charge in [-0.25, -0.2) is 4.68 Å². The lowest BCUT2D eigenvalue weighted by molar-refractivity contribution is -0.241. The van der Waals surface area contributed by atoms with Crippen molar-refractivity contribution < 1.29 is 18.9 Å². The van der Waals surface area contributed by atoms with Gasteiger partial charge < -0.3 is 18.9 Å². The van der Waals surface area contributed by atoms with E-state index in [0.717, 1.165) is 5.69 Å². The number of fused-ring (bicyclic) bond motifs is 4. The summed E-state index contributed by atoms with van der Waals surface area (Å²) in [6.45, 7) is 6.83. The molecule has 2 saturated heterocycles. The van der Waals surface area contributed by atoms with Crippen LogP contribution < -0.4 is 0 Å². The quantitative estimate of drug-likeness (QED) is 0.679. The second-order valence-corrected chi connectivity index (χ2v) is 6.01. The molecule has 104 valence electrons. The van der Waals surface area contributed by atoms with Crippen LogP contribution in [0.2, 0.25) is 0 Å². The van der Waals surface area contributed by atoms with Gasteiger partial charge in [-0.15, -0.1) is 5.10 Å². The first-order valence-electron chi connectivity index (χ1n) is 6.49. The van der Waals surface area contributed by atoms with E-state index in [4.69, 9.17) is 18.9 Å². The highest BCUT2D eigenvalue weighted by Gasteiger charge is 2.61. The molecule has 0 aliphatic carbocycles. The summed E-state index contributed by atoms with van der Waals surface area (Å²) in [6, 6.07) is 0. The summed E-state index contributed by atoms with van der Waals surface area (Å²) < 4.78 is 25.6. The maximum Gasteiger partial charge on any atom is 0.190 e. The third-order valence-corrected chi connectivity index (χ3v) is 3.95. The van der Waals surface area contributed by atoms with Crippen LogP contribution >= 0.6 is 0 Å². The van der Waals surface area contributed by atoms with Crippen LogP contribution in [-0.2, 0) is 32.1 Å². The Labute approximate surface area is 110 Å².